The Hall–Kier alpha value is -2.92. The maximum absolute atomic E-state index is 13.1. The van der Waals surface area contributed by atoms with Crippen LogP contribution < -0.4 is 5.32 Å². The Bertz CT molecular complexity index is 1010. The summed E-state index contributed by atoms with van der Waals surface area (Å²) in [7, 11) is 0. The van der Waals surface area contributed by atoms with Crippen molar-refractivity contribution in [2.24, 2.45) is 0 Å². The highest BCUT2D eigenvalue weighted by molar-refractivity contribution is 6.33. The smallest absolute Gasteiger partial charge is 0.311 e. The van der Waals surface area contributed by atoms with E-state index in [0.717, 1.165) is 22.4 Å². The van der Waals surface area contributed by atoms with E-state index in [0.29, 0.717) is 0 Å². The molecule has 0 spiro atoms. The molecule has 3 rings (SSSR count). The minimum Gasteiger partial charge on any atom is -0.452 e. The average Bonchev–Trinajstić information content (AvgIpc) is 2.63. The molecule has 0 aliphatic rings. The maximum atomic E-state index is 13.1. The molecule has 0 radical (unpaired) electrons. The Morgan fingerprint density at radius 3 is 2.56 bits per heavy atom. The van der Waals surface area contributed by atoms with Crippen molar-refractivity contribution in [1.29, 1.82) is 0 Å². The van der Waals surface area contributed by atoms with Crippen molar-refractivity contribution in [2.75, 3.05) is 5.32 Å². The molecule has 4 nitrogen and oxygen atoms in total. The quantitative estimate of drug-likeness (QED) is 0.645. The zero-order valence-electron chi connectivity index (χ0n) is 14.5. The minimum atomic E-state index is -1.01. The zero-order chi connectivity index (χ0) is 19.4. The van der Waals surface area contributed by atoms with E-state index < -0.39 is 23.8 Å². The van der Waals surface area contributed by atoms with Crippen LogP contribution in [0.4, 0.5) is 10.1 Å². The van der Waals surface area contributed by atoms with Gasteiger partial charge < -0.3 is 10.1 Å². The van der Waals surface area contributed by atoms with E-state index in [1.165, 1.54) is 19.1 Å². The summed E-state index contributed by atoms with van der Waals surface area (Å²) in [5.41, 5.74) is 1.05. The van der Waals surface area contributed by atoms with Gasteiger partial charge in [0.15, 0.2) is 6.10 Å². The molecule has 1 unspecified atom stereocenters. The maximum Gasteiger partial charge on any atom is 0.311 e. The van der Waals surface area contributed by atoms with Gasteiger partial charge in [0.2, 0.25) is 0 Å². The fourth-order valence-electron chi connectivity index (χ4n) is 2.63. The Balaban J connectivity index is 1.59. The lowest BCUT2D eigenvalue weighted by atomic mass is 10.1. The molecular weight excluding hydrogens is 369 g/mol. The van der Waals surface area contributed by atoms with Crippen LogP contribution in [0.5, 0.6) is 0 Å². The number of carbonyl (C=O) groups excluding carboxylic acids is 2. The summed E-state index contributed by atoms with van der Waals surface area (Å²) in [6.45, 7) is 1.46. The Morgan fingerprint density at radius 2 is 1.81 bits per heavy atom. The molecule has 0 saturated carbocycles. The van der Waals surface area contributed by atoms with E-state index in [1.54, 1.807) is 0 Å². The molecule has 0 aliphatic carbocycles. The SMILES string of the molecule is CC(OC(=O)Cc1ccc2ccccc2c1)C(=O)Nc1ccc(F)cc1Cl. The Kier molecular flexibility index (Phi) is 5.72. The monoisotopic (exact) mass is 385 g/mol. The van der Waals surface area contributed by atoms with Gasteiger partial charge in [-0.1, -0.05) is 54.1 Å². The molecule has 1 N–H and O–H groups in total. The molecule has 0 aromatic heterocycles. The van der Waals surface area contributed by atoms with Crippen LogP contribution in [-0.2, 0) is 20.7 Å². The molecule has 3 aromatic rings. The van der Waals surface area contributed by atoms with Crippen LogP contribution in [0.1, 0.15) is 12.5 Å². The number of fused-ring (bicyclic) bond motifs is 1. The predicted octanol–water partition coefficient (Wildman–Crippen LogP) is 4.75. The molecule has 1 amide bonds. The minimum absolute atomic E-state index is 0.0553. The Morgan fingerprint density at radius 1 is 1.07 bits per heavy atom. The molecule has 0 saturated heterocycles. The summed E-state index contributed by atoms with van der Waals surface area (Å²) in [6, 6.07) is 17.2. The van der Waals surface area contributed by atoms with Crippen LogP contribution >= 0.6 is 11.6 Å². The highest BCUT2D eigenvalue weighted by Crippen LogP contribution is 2.22. The molecule has 6 heteroatoms. The second-order valence-corrected chi connectivity index (χ2v) is 6.51. The highest BCUT2D eigenvalue weighted by atomic mass is 35.5. The first-order chi connectivity index (χ1) is 12.9. The van der Waals surface area contributed by atoms with Gasteiger partial charge in [-0.05, 0) is 41.5 Å². The van der Waals surface area contributed by atoms with Crippen LogP contribution in [-0.4, -0.2) is 18.0 Å². The van der Waals surface area contributed by atoms with Gasteiger partial charge in [-0.3, -0.25) is 9.59 Å². The number of ether oxygens (including phenoxy) is 1. The first kappa shape index (κ1) is 18.9. The van der Waals surface area contributed by atoms with Gasteiger partial charge in [-0.25, -0.2) is 4.39 Å². The molecular formula is C21H17ClFNO3. The van der Waals surface area contributed by atoms with Crippen molar-refractivity contribution in [3.8, 4) is 0 Å². The number of halogens is 2. The number of amides is 1. The lowest BCUT2D eigenvalue weighted by Crippen LogP contribution is -2.30. The van der Waals surface area contributed by atoms with Crippen LogP contribution in [0.3, 0.4) is 0 Å². The van der Waals surface area contributed by atoms with E-state index in [-0.39, 0.29) is 17.1 Å². The largest absolute Gasteiger partial charge is 0.452 e. The van der Waals surface area contributed by atoms with Crippen molar-refractivity contribution in [3.05, 3.63) is 77.1 Å². The normalized spacial score (nSPS) is 11.8. The van der Waals surface area contributed by atoms with Gasteiger partial charge in [0.25, 0.3) is 5.91 Å². The summed E-state index contributed by atoms with van der Waals surface area (Å²) >= 11 is 5.88. The molecule has 1 atom stereocenters. The van der Waals surface area contributed by atoms with Crippen molar-refractivity contribution < 1.29 is 18.7 Å². The van der Waals surface area contributed by atoms with Crippen molar-refractivity contribution in [2.45, 2.75) is 19.4 Å². The van der Waals surface area contributed by atoms with Crippen molar-refractivity contribution in [3.63, 3.8) is 0 Å². The van der Waals surface area contributed by atoms with Crippen molar-refractivity contribution in [1.82, 2.24) is 0 Å². The Labute approximate surface area is 160 Å². The number of esters is 1. The lowest BCUT2D eigenvalue weighted by Gasteiger charge is -2.14. The third kappa shape index (κ3) is 4.83. The van der Waals surface area contributed by atoms with Gasteiger partial charge in [0.1, 0.15) is 5.82 Å². The fraction of sp³-hybridized carbons (Fsp3) is 0.143. The van der Waals surface area contributed by atoms with E-state index in [4.69, 9.17) is 16.3 Å². The number of hydrogen-bond acceptors (Lipinski definition) is 3. The number of hydrogen-bond donors (Lipinski definition) is 1. The number of rotatable bonds is 5. The van der Waals surface area contributed by atoms with Crippen LogP contribution in [0.25, 0.3) is 10.8 Å². The molecule has 27 heavy (non-hydrogen) atoms. The third-order valence-corrected chi connectivity index (χ3v) is 4.34. The number of anilines is 1. The topological polar surface area (TPSA) is 55.4 Å². The van der Waals surface area contributed by atoms with Gasteiger partial charge >= 0.3 is 5.97 Å². The van der Waals surface area contributed by atoms with E-state index >= 15 is 0 Å². The number of carbonyl (C=O) groups is 2. The lowest BCUT2D eigenvalue weighted by molar-refractivity contribution is -0.152. The molecule has 0 fully saturated rings. The average molecular weight is 386 g/mol. The predicted molar refractivity (Wildman–Crippen MR) is 103 cm³/mol. The first-order valence-corrected chi connectivity index (χ1v) is 8.73. The molecule has 0 bridgehead atoms. The molecule has 0 aliphatic heterocycles. The summed E-state index contributed by atoms with van der Waals surface area (Å²) < 4.78 is 18.2. The summed E-state index contributed by atoms with van der Waals surface area (Å²) in [5.74, 6) is -1.57. The first-order valence-electron chi connectivity index (χ1n) is 8.35. The van der Waals surface area contributed by atoms with Gasteiger partial charge in [-0.2, -0.15) is 0 Å². The molecule has 138 valence electrons. The highest BCUT2D eigenvalue weighted by Gasteiger charge is 2.19. The standard InChI is InChI=1S/C21H17ClFNO3/c1-13(21(26)24-19-9-8-17(23)12-18(19)22)27-20(25)11-14-6-7-15-4-2-3-5-16(15)10-14/h2-10,12-13H,11H2,1H3,(H,24,26). The molecule has 3 aromatic carbocycles. The van der Waals surface area contributed by atoms with Crippen LogP contribution in [0.2, 0.25) is 5.02 Å². The second-order valence-electron chi connectivity index (χ2n) is 6.10. The van der Waals surface area contributed by atoms with Gasteiger partial charge in [0.05, 0.1) is 17.1 Å². The van der Waals surface area contributed by atoms with Gasteiger partial charge in [-0.15, -0.1) is 0 Å². The number of nitrogens with one attached hydrogen (secondary N) is 1. The summed E-state index contributed by atoms with van der Waals surface area (Å²) in [6.07, 6.45) is -0.959. The third-order valence-electron chi connectivity index (χ3n) is 4.03. The fourth-order valence-corrected chi connectivity index (χ4v) is 2.85. The second kappa shape index (κ2) is 8.18. The van der Waals surface area contributed by atoms with E-state index in [9.17, 15) is 14.0 Å². The molecule has 0 heterocycles. The summed E-state index contributed by atoms with van der Waals surface area (Å²) in [4.78, 5) is 24.3. The van der Waals surface area contributed by atoms with E-state index in [2.05, 4.69) is 5.32 Å². The van der Waals surface area contributed by atoms with Crippen LogP contribution in [0, 0.1) is 5.82 Å². The number of benzene rings is 3. The van der Waals surface area contributed by atoms with Crippen molar-refractivity contribution >= 4 is 39.9 Å². The van der Waals surface area contributed by atoms with E-state index in [1.807, 2.05) is 42.5 Å². The van der Waals surface area contributed by atoms with Gasteiger partial charge in [0, 0.05) is 0 Å². The summed E-state index contributed by atoms with van der Waals surface area (Å²) in [5, 5.41) is 4.69. The van der Waals surface area contributed by atoms with Crippen LogP contribution in [0.15, 0.2) is 60.7 Å². The zero-order valence-corrected chi connectivity index (χ0v) is 15.3.